The number of carbonyl (C=O) groups excluding carboxylic acids is 1. The van der Waals surface area contributed by atoms with E-state index in [1.54, 1.807) is 12.1 Å². The molecule has 2 aromatic carbocycles. The van der Waals surface area contributed by atoms with Crippen LogP contribution in [-0.2, 0) is 11.3 Å². The summed E-state index contributed by atoms with van der Waals surface area (Å²) >= 11 is 2.13. The number of benzene rings is 2. The van der Waals surface area contributed by atoms with E-state index >= 15 is 0 Å². The highest BCUT2D eigenvalue weighted by atomic mass is 127. The van der Waals surface area contributed by atoms with Crippen LogP contribution >= 0.6 is 22.6 Å². The first kappa shape index (κ1) is 14.2. The molecule has 0 saturated carbocycles. The van der Waals surface area contributed by atoms with Crippen LogP contribution in [0.1, 0.15) is 5.56 Å². The Bertz CT molecular complexity index is 701. The van der Waals surface area contributed by atoms with Gasteiger partial charge in [-0.2, -0.15) is 0 Å². The molecule has 1 aliphatic heterocycles. The summed E-state index contributed by atoms with van der Waals surface area (Å²) in [5.41, 5.74) is 0.395. The molecule has 0 aromatic heterocycles. The lowest BCUT2D eigenvalue weighted by molar-refractivity contribution is -0.121. The summed E-state index contributed by atoms with van der Waals surface area (Å²) in [7, 11) is 0. The van der Waals surface area contributed by atoms with Crippen molar-refractivity contribution in [2.75, 3.05) is 11.5 Å². The van der Waals surface area contributed by atoms with Gasteiger partial charge in [0, 0.05) is 9.13 Å². The first-order valence-corrected chi connectivity index (χ1v) is 7.30. The average molecular weight is 401 g/mol. The predicted octanol–water partition coefficient (Wildman–Crippen LogP) is 3.50. The van der Waals surface area contributed by atoms with Crippen LogP contribution < -0.4 is 9.64 Å². The molecule has 0 spiro atoms. The van der Waals surface area contributed by atoms with Crippen molar-refractivity contribution in [3.8, 4) is 5.75 Å². The van der Waals surface area contributed by atoms with E-state index in [2.05, 4.69) is 22.6 Å². The third-order valence-electron chi connectivity index (χ3n) is 3.24. The molecule has 0 radical (unpaired) electrons. The van der Waals surface area contributed by atoms with Crippen molar-refractivity contribution in [1.29, 1.82) is 0 Å². The quantitative estimate of drug-likeness (QED) is 0.722. The Morgan fingerprint density at radius 2 is 1.90 bits per heavy atom. The summed E-state index contributed by atoms with van der Waals surface area (Å²) in [6.45, 7) is -0.294. The molecule has 0 atom stereocenters. The van der Waals surface area contributed by atoms with Gasteiger partial charge in [0.15, 0.2) is 6.61 Å². The van der Waals surface area contributed by atoms with Gasteiger partial charge in [0.05, 0.1) is 12.2 Å². The fraction of sp³-hybridized carbons (Fsp3) is 0.133. The number of ether oxygens (including phenoxy) is 1. The molecule has 0 saturated heterocycles. The number of halogens is 3. The van der Waals surface area contributed by atoms with Crippen LogP contribution in [-0.4, -0.2) is 12.5 Å². The molecular formula is C15H10F2INO2. The fourth-order valence-corrected chi connectivity index (χ4v) is 2.66. The monoisotopic (exact) mass is 401 g/mol. The van der Waals surface area contributed by atoms with E-state index in [0.29, 0.717) is 11.4 Å². The third-order valence-corrected chi connectivity index (χ3v) is 3.91. The van der Waals surface area contributed by atoms with Crippen molar-refractivity contribution in [3.05, 3.63) is 57.2 Å². The number of amides is 1. The van der Waals surface area contributed by atoms with Crippen molar-refractivity contribution in [3.63, 3.8) is 0 Å². The van der Waals surface area contributed by atoms with Gasteiger partial charge in [0.1, 0.15) is 17.4 Å². The summed E-state index contributed by atoms with van der Waals surface area (Å²) in [6.07, 6.45) is 0. The molecule has 3 rings (SSSR count). The first-order chi connectivity index (χ1) is 10.1. The second-order valence-electron chi connectivity index (χ2n) is 4.58. The van der Waals surface area contributed by atoms with Gasteiger partial charge in [-0.25, -0.2) is 8.78 Å². The highest BCUT2D eigenvalue weighted by molar-refractivity contribution is 14.1. The summed E-state index contributed by atoms with van der Waals surface area (Å²) in [4.78, 5) is 13.4. The van der Waals surface area contributed by atoms with E-state index in [-0.39, 0.29) is 24.6 Å². The minimum absolute atomic E-state index is 0.128. The van der Waals surface area contributed by atoms with Gasteiger partial charge in [0.2, 0.25) is 0 Å². The molecule has 108 valence electrons. The number of fused-ring (bicyclic) bond motifs is 1. The molecule has 0 fully saturated rings. The summed E-state index contributed by atoms with van der Waals surface area (Å²) in [5.74, 6) is -1.12. The molecule has 0 aliphatic carbocycles. The van der Waals surface area contributed by atoms with Gasteiger partial charge in [-0.3, -0.25) is 4.79 Å². The molecule has 1 heterocycles. The second-order valence-corrected chi connectivity index (χ2v) is 5.83. The Balaban J connectivity index is 2.01. The van der Waals surface area contributed by atoms with Crippen LogP contribution in [0.4, 0.5) is 14.5 Å². The Kier molecular flexibility index (Phi) is 3.79. The van der Waals surface area contributed by atoms with Crippen molar-refractivity contribution in [2.45, 2.75) is 6.54 Å². The summed E-state index contributed by atoms with van der Waals surface area (Å²) < 4.78 is 33.8. The number of hydrogen-bond acceptors (Lipinski definition) is 2. The lowest BCUT2D eigenvalue weighted by atomic mass is 10.1. The zero-order valence-corrected chi connectivity index (χ0v) is 12.9. The van der Waals surface area contributed by atoms with Gasteiger partial charge < -0.3 is 9.64 Å². The molecule has 3 nitrogen and oxygen atoms in total. The SMILES string of the molecule is O=C1COc2cc(I)ccc2N1Cc1c(F)cccc1F. The number of carbonyl (C=O) groups is 1. The van der Waals surface area contributed by atoms with Crippen molar-refractivity contribution < 1.29 is 18.3 Å². The van der Waals surface area contributed by atoms with E-state index in [1.807, 2.05) is 6.07 Å². The molecule has 1 amide bonds. The number of rotatable bonds is 2. The number of anilines is 1. The van der Waals surface area contributed by atoms with Gasteiger partial charge in [-0.05, 0) is 52.9 Å². The lowest BCUT2D eigenvalue weighted by Gasteiger charge is -2.29. The van der Waals surface area contributed by atoms with Crippen molar-refractivity contribution in [2.24, 2.45) is 0 Å². The molecule has 0 bridgehead atoms. The molecular weight excluding hydrogens is 391 g/mol. The third kappa shape index (κ3) is 2.72. The molecule has 6 heteroatoms. The van der Waals surface area contributed by atoms with E-state index in [1.165, 1.54) is 23.1 Å². The van der Waals surface area contributed by atoms with Crippen LogP contribution in [0.15, 0.2) is 36.4 Å². The van der Waals surface area contributed by atoms with Crippen LogP contribution in [0.3, 0.4) is 0 Å². The van der Waals surface area contributed by atoms with Gasteiger partial charge >= 0.3 is 0 Å². The highest BCUT2D eigenvalue weighted by Crippen LogP contribution is 2.34. The Morgan fingerprint density at radius 1 is 1.19 bits per heavy atom. The van der Waals surface area contributed by atoms with Crippen molar-refractivity contribution >= 4 is 34.2 Å². The number of hydrogen-bond donors (Lipinski definition) is 0. The standard InChI is InChI=1S/C15H10F2INO2/c16-11-2-1-3-12(17)10(11)7-19-13-5-4-9(18)6-14(13)21-8-15(19)20/h1-6H,7-8H2. The minimum Gasteiger partial charge on any atom is -0.482 e. The topological polar surface area (TPSA) is 29.5 Å². The minimum atomic E-state index is -0.665. The van der Waals surface area contributed by atoms with E-state index in [9.17, 15) is 13.6 Å². The average Bonchev–Trinajstić information content (AvgIpc) is 2.45. The maximum Gasteiger partial charge on any atom is 0.265 e. The van der Waals surface area contributed by atoms with Gasteiger partial charge in [0.25, 0.3) is 5.91 Å². The highest BCUT2D eigenvalue weighted by Gasteiger charge is 2.27. The summed E-state index contributed by atoms with van der Waals surface area (Å²) in [5, 5.41) is 0. The van der Waals surface area contributed by atoms with Gasteiger partial charge in [-0.15, -0.1) is 0 Å². The Labute approximate surface area is 133 Å². The fourth-order valence-electron chi connectivity index (χ4n) is 2.19. The predicted molar refractivity (Wildman–Crippen MR) is 82.2 cm³/mol. The van der Waals surface area contributed by atoms with E-state index < -0.39 is 11.6 Å². The zero-order chi connectivity index (χ0) is 15.0. The zero-order valence-electron chi connectivity index (χ0n) is 10.8. The van der Waals surface area contributed by atoms with Crippen LogP contribution in [0.25, 0.3) is 0 Å². The maximum atomic E-state index is 13.8. The lowest BCUT2D eigenvalue weighted by Crippen LogP contribution is -2.38. The smallest absolute Gasteiger partial charge is 0.265 e. The van der Waals surface area contributed by atoms with Crippen LogP contribution in [0.5, 0.6) is 5.75 Å². The normalized spacial score (nSPS) is 13.9. The van der Waals surface area contributed by atoms with Gasteiger partial charge in [-0.1, -0.05) is 6.07 Å². The Morgan fingerprint density at radius 3 is 2.62 bits per heavy atom. The van der Waals surface area contributed by atoms with E-state index in [4.69, 9.17) is 4.74 Å². The van der Waals surface area contributed by atoms with E-state index in [0.717, 1.165) is 3.57 Å². The largest absolute Gasteiger partial charge is 0.482 e. The molecule has 1 aliphatic rings. The molecule has 0 unspecified atom stereocenters. The molecule has 2 aromatic rings. The number of nitrogens with zero attached hydrogens (tertiary/aromatic N) is 1. The van der Waals surface area contributed by atoms with Crippen LogP contribution in [0, 0.1) is 15.2 Å². The summed E-state index contributed by atoms with van der Waals surface area (Å²) in [6, 6.07) is 8.97. The molecule has 0 N–H and O–H groups in total. The van der Waals surface area contributed by atoms with Crippen molar-refractivity contribution in [1.82, 2.24) is 0 Å². The van der Waals surface area contributed by atoms with Crippen LogP contribution in [0.2, 0.25) is 0 Å². The molecule has 21 heavy (non-hydrogen) atoms. The maximum absolute atomic E-state index is 13.8. The first-order valence-electron chi connectivity index (χ1n) is 6.22. The second kappa shape index (κ2) is 5.59. The Hall–Kier alpha value is -1.70.